The lowest BCUT2D eigenvalue weighted by atomic mass is 9.93. The summed E-state index contributed by atoms with van der Waals surface area (Å²) in [5.74, 6) is 0.702. The molecule has 1 saturated carbocycles. The van der Waals surface area contributed by atoms with Crippen molar-refractivity contribution in [2.24, 2.45) is 0 Å². The molecule has 1 amide bonds. The zero-order valence-electron chi connectivity index (χ0n) is 16.2. The Morgan fingerprint density at radius 1 is 1.04 bits per heavy atom. The zero-order valence-corrected chi connectivity index (χ0v) is 16.2. The number of aromatic amines is 1. The fourth-order valence-corrected chi connectivity index (χ4v) is 4.66. The van der Waals surface area contributed by atoms with Crippen LogP contribution in [0.4, 0.5) is 0 Å². The summed E-state index contributed by atoms with van der Waals surface area (Å²) in [6, 6.07) is 13.0. The number of amides is 1. The summed E-state index contributed by atoms with van der Waals surface area (Å²) >= 11 is 0. The van der Waals surface area contributed by atoms with Gasteiger partial charge in [-0.1, -0.05) is 24.5 Å². The molecule has 3 heterocycles. The molecule has 4 nitrogen and oxygen atoms in total. The number of nitrogens with one attached hydrogen (secondary N) is 2. The molecule has 2 N–H and O–H groups in total. The number of benzene rings is 1. The van der Waals surface area contributed by atoms with Crippen LogP contribution in [-0.4, -0.2) is 22.4 Å². The summed E-state index contributed by atoms with van der Waals surface area (Å²) in [5, 5.41) is 2.91. The average Bonchev–Trinajstić information content (AvgIpc) is 3.38. The highest BCUT2D eigenvalue weighted by Gasteiger charge is 2.21. The lowest BCUT2D eigenvalue weighted by Crippen LogP contribution is -2.31. The van der Waals surface area contributed by atoms with Crippen LogP contribution < -0.4 is 5.32 Å². The molecule has 0 unspecified atom stereocenters. The molecule has 3 aromatic rings. The van der Waals surface area contributed by atoms with Gasteiger partial charge in [0.1, 0.15) is 0 Å². The molecule has 1 aliphatic heterocycles. The fourth-order valence-electron chi connectivity index (χ4n) is 4.66. The van der Waals surface area contributed by atoms with Crippen LogP contribution in [0.25, 0.3) is 22.5 Å². The van der Waals surface area contributed by atoms with Gasteiger partial charge in [-0.15, -0.1) is 0 Å². The van der Waals surface area contributed by atoms with E-state index in [-0.39, 0.29) is 5.91 Å². The van der Waals surface area contributed by atoms with E-state index in [0.29, 0.717) is 12.5 Å². The number of aromatic nitrogens is 2. The van der Waals surface area contributed by atoms with E-state index in [1.807, 2.05) is 18.3 Å². The third-order valence-corrected chi connectivity index (χ3v) is 6.10. The lowest BCUT2D eigenvalue weighted by Gasteiger charge is -2.13. The SMILES string of the molecule is Cc1cc(-c2cc(-c3cc4c([nH]3)CCNC4=O)ccn2)cc(C2CCCC2)c1. The van der Waals surface area contributed by atoms with E-state index in [4.69, 9.17) is 0 Å². The Morgan fingerprint density at radius 2 is 1.89 bits per heavy atom. The molecule has 2 aromatic heterocycles. The first kappa shape index (κ1) is 17.2. The van der Waals surface area contributed by atoms with Gasteiger partial charge in [0, 0.05) is 41.7 Å². The molecule has 28 heavy (non-hydrogen) atoms. The van der Waals surface area contributed by atoms with Crippen molar-refractivity contribution in [2.45, 2.75) is 44.9 Å². The van der Waals surface area contributed by atoms with E-state index in [2.05, 4.69) is 46.5 Å². The Labute approximate surface area is 165 Å². The van der Waals surface area contributed by atoms with Crippen molar-refractivity contribution in [3.05, 3.63) is 65.0 Å². The second-order valence-electron chi connectivity index (χ2n) is 8.12. The number of rotatable bonds is 3. The number of hydrogen-bond donors (Lipinski definition) is 2. The van der Waals surface area contributed by atoms with Crippen molar-refractivity contribution in [3.63, 3.8) is 0 Å². The molecule has 0 radical (unpaired) electrons. The summed E-state index contributed by atoms with van der Waals surface area (Å²) in [5.41, 5.74) is 8.74. The molecule has 1 aromatic carbocycles. The largest absolute Gasteiger partial charge is 0.358 e. The van der Waals surface area contributed by atoms with Crippen molar-refractivity contribution in [2.75, 3.05) is 6.54 Å². The van der Waals surface area contributed by atoms with Gasteiger partial charge in [-0.3, -0.25) is 9.78 Å². The monoisotopic (exact) mass is 371 g/mol. The summed E-state index contributed by atoms with van der Waals surface area (Å²) in [7, 11) is 0. The minimum absolute atomic E-state index is 0.0120. The van der Waals surface area contributed by atoms with Crippen LogP contribution in [0.15, 0.2) is 42.6 Å². The molecular formula is C24H25N3O. The Morgan fingerprint density at radius 3 is 2.71 bits per heavy atom. The molecule has 0 atom stereocenters. The molecule has 1 fully saturated rings. The van der Waals surface area contributed by atoms with E-state index in [9.17, 15) is 4.79 Å². The van der Waals surface area contributed by atoms with E-state index in [0.717, 1.165) is 34.6 Å². The van der Waals surface area contributed by atoms with Crippen LogP contribution in [-0.2, 0) is 6.42 Å². The van der Waals surface area contributed by atoms with Gasteiger partial charge >= 0.3 is 0 Å². The van der Waals surface area contributed by atoms with Crippen LogP contribution in [0, 0.1) is 6.92 Å². The molecule has 4 heteroatoms. The van der Waals surface area contributed by atoms with Crippen molar-refractivity contribution in [3.8, 4) is 22.5 Å². The highest BCUT2D eigenvalue weighted by Crippen LogP contribution is 2.36. The zero-order chi connectivity index (χ0) is 19.1. The van der Waals surface area contributed by atoms with Crippen molar-refractivity contribution >= 4 is 5.91 Å². The predicted octanol–water partition coefficient (Wildman–Crippen LogP) is 5.00. The normalized spacial score (nSPS) is 16.8. The van der Waals surface area contributed by atoms with Crippen molar-refractivity contribution in [1.82, 2.24) is 15.3 Å². The van der Waals surface area contributed by atoms with Gasteiger partial charge in [0.05, 0.1) is 11.3 Å². The summed E-state index contributed by atoms with van der Waals surface area (Å²) < 4.78 is 0. The van der Waals surface area contributed by atoms with Gasteiger partial charge in [-0.2, -0.15) is 0 Å². The topological polar surface area (TPSA) is 57.8 Å². The van der Waals surface area contributed by atoms with Crippen LogP contribution >= 0.6 is 0 Å². The van der Waals surface area contributed by atoms with E-state index >= 15 is 0 Å². The molecule has 1 aliphatic carbocycles. The summed E-state index contributed by atoms with van der Waals surface area (Å²) in [6.07, 6.45) is 7.99. The predicted molar refractivity (Wildman–Crippen MR) is 111 cm³/mol. The van der Waals surface area contributed by atoms with Crippen LogP contribution in [0.1, 0.15) is 58.8 Å². The van der Waals surface area contributed by atoms with Gasteiger partial charge in [0.25, 0.3) is 5.91 Å². The van der Waals surface area contributed by atoms with Gasteiger partial charge < -0.3 is 10.3 Å². The number of H-pyrrole nitrogens is 1. The Bertz CT molecular complexity index is 1040. The van der Waals surface area contributed by atoms with E-state index < -0.39 is 0 Å². The average molecular weight is 371 g/mol. The maximum atomic E-state index is 12.1. The first-order valence-electron chi connectivity index (χ1n) is 10.3. The van der Waals surface area contributed by atoms with Crippen LogP contribution in [0.2, 0.25) is 0 Å². The molecule has 0 spiro atoms. The number of pyridine rings is 1. The van der Waals surface area contributed by atoms with E-state index in [1.54, 1.807) is 0 Å². The third kappa shape index (κ3) is 3.13. The minimum atomic E-state index is 0.0120. The standard InChI is InChI=1S/C24H25N3O/c1-15-10-18(16-4-2-3-5-16)12-19(11-15)22-13-17(6-8-25-22)23-14-20-21(27-23)7-9-26-24(20)28/h6,8,10-14,16,27H,2-5,7,9H2,1H3,(H,26,28). The van der Waals surface area contributed by atoms with E-state index in [1.165, 1.54) is 42.4 Å². The maximum Gasteiger partial charge on any atom is 0.253 e. The summed E-state index contributed by atoms with van der Waals surface area (Å²) in [6.45, 7) is 2.87. The van der Waals surface area contributed by atoms with Crippen molar-refractivity contribution < 1.29 is 4.79 Å². The van der Waals surface area contributed by atoms with Crippen LogP contribution in [0.3, 0.4) is 0 Å². The Kier molecular flexibility index (Phi) is 4.27. The minimum Gasteiger partial charge on any atom is -0.358 e. The number of hydrogen-bond acceptors (Lipinski definition) is 2. The number of nitrogens with zero attached hydrogens (tertiary/aromatic N) is 1. The van der Waals surface area contributed by atoms with Gasteiger partial charge in [0.15, 0.2) is 0 Å². The number of carbonyl (C=O) groups excluding carboxylic acids is 1. The molecule has 2 aliphatic rings. The van der Waals surface area contributed by atoms with Crippen LogP contribution in [0.5, 0.6) is 0 Å². The molecule has 142 valence electrons. The van der Waals surface area contributed by atoms with Gasteiger partial charge in [-0.05, 0) is 61.6 Å². The highest BCUT2D eigenvalue weighted by molar-refractivity contribution is 5.97. The Hall–Kier alpha value is -2.88. The van der Waals surface area contributed by atoms with Crippen molar-refractivity contribution in [1.29, 1.82) is 0 Å². The fraction of sp³-hybridized carbons (Fsp3) is 0.333. The number of fused-ring (bicyclic) bond motifs is 1. The second-order valence-corrected chi connectivity index (χ2v) is 8.12. The highest BCUT2D eigenvalue weighted by atomic mass is 16.1. The first-order chi connectivity index (χ1) is 13.7. The lowest BCUT2D eigenvalue weighted by molar-refractivity contribution is 0.0946. The van der Waals surface area contributed by atoms with Gasteiger partial charge in [0.2, 0.25) is 0 Å². The summed E-state index contributed by atoms with van der Waals surface area (Å²) in [4.78, 5) is 20.2. The molecular weight excluding hydrogens is 346 g/mol. The van der Waals surface area contributed by atoms with Gasteiger partial charge in [-0.25, -0.2) is 0 Å². The third-order valence-electron chi connectivity index (χ3n) is 6.10. The smallest absolute Gasteiger partial charge is 0.253 e. The first-order valence-corrected chi connectivity index (χ1v) is 10.3. The maximum absolute atomic E-state index is 12.1. The number of carbonyl (C=O) groups is 1. The molecule has 0 bridgehead atoms. The number of aryl methyl sites for hydroxylation is 1. The Balaban J connectivity index is 1.52. The molecule has 0 saturated heterocycles. The second kappa shape index (κ2) is 6.93. The quantitative estimate of drug-likeness (QED) is 0.681. The molecule has 5 rings (SSSR count).